The van der Waals surface area contributed by atoms with Gasteiger partial charge in [-0.3, -0.25) is 5.10 Å². The third-order valence-electron chi connectivity index (χ3n) is 4.34. The molecule has 6 nitrogen and oxygen atoms in total. The molecule has 0 aliphatic carbocycles. The highest BCUT2D eigenvalue weighted by molar-refractivity contribution is 5.81. The summed E-state index contributed by atoms with van der Waals surface area (Å²) >= 11 is 0. The van der Waals surface area contributed by atoms with Crippen LogP contribution in [0.5, 0.6) is 5.75 Å². The van der Waals surface area contributed by atoms with E-state index in [0.29, 0.717) is 23.6 Å². The molecular weight excluding hydrogens is 342 g/mol. The van der Waals surface area contributed by atoms with E-state index in [1.54, 1.807) is 6.07 Å². The van der Waals surface area contributed by atoms with Crippen LogP contribution in [-0.2, 0) is 19.4 Å². The van der Waals surface area contributed by atoms with Gasteiger partial charge in [0.1, 0.15) is 17.9 Å². The van der Waals surface area contributed by atoms with Crippen molar-refractivity contribution < 1.29 is 9.15 Å². The monoisotopic (exact) mass is 361 g/mol. The number of aryl methyl sites for hydroxylation is 1. The van der Waals surface area contributed by atoms with E-state index in [1.165, 1.54) is 6.07 Å². The van der Waals surface area contributed by atoms with Crippen LogP contribution in [0, 0.1) is 0 Å². The van der Waals surface area contributed by atoms with Gasteiger partial charge in [-0.2, -0.15) is 5.10 Å². The Morgan fingerprint density at radius 1 is 1.11 bits per heavy atom. The van der Waals surface area contributed by atoms with Crippen LogP contribution in [0.15, 0.2) is 63.8 Å². The van der Waals surface area contributed by atoms with Crippen LogP contribution in [0.1, 0.15) is 29.7 Å². The number of aromatic amines is 1. The Morgan fingerprint density at radius 3 is 2.78 bits per heavy atom. The minimum absolute atomic E-state index is 0.255. The van der Waals surface area contributed by atoms with E-state index >= 15 is 0 Å². The number of nitrogens with zero attached hydrogens (tertiary/aromatic N) is 2. The third-order valence-corrected chi connectivity index (χ3v) is 4.34. The molecule has 0 aliphatic rings. The second kappa shape index (κ2) is 7.45. The minimum Gasteiger partial charge on any atom is -0.485 e. The van der Waals surface area contributed by atoms with Crippen molar-refractivity contribution in [1.82, 2.24) is 15.2 Å². The standard InChI is InChI=1S/C21H19N3O3/c1-2-15-11-21(25)27-18-12-16(8-9-17(15)18)26-13-20-22-19(23-24-20)10-14-6-4-3-5-7-14/h3-9,11-12H,2,10,13H2,1H3,(H,22,23,24). The molecule has 0 saturated carbocycles. The molecule has 0 bridgehead atoms. The normalized spacial score (nSPS) is 11.0. The number of rotatable bonds is 6. The molecule has 0 amide bonds. The van der Waals surface area contributed by atoms with Crippen molar-refractivity contribution in [3.63, 3.8) is 0 Å². The number of ether oxygens (including phenoxy) is 1. The Bertz CT molecular complexity index is 1120. The molecular formula is C21H19N3O3. The third kappa shape index (κ3) is 3.89. The maximum Gasteiger partial charge on any atom is 0.336 e. The molecule has 0 spiro atoms. The Kier molecular flexibility index (Phi) is 4.70. The second-order valence-corrected chi connectivity index (χ2v) is 6.25. The summed E-state index contributed by atoms with van der Waals surface area (Å²) in [6.07, 6.45) is 1.43. The summed E-state index contributed by atoms with van der Waals surface area (Å²) in [5.74, 6) is 1.97. The second-order valence-electron chi connectivity index (χ2n) is 6.25. The van der Waals surface area contributed by atoms with Gasteiger partial charge >= 0.3 is 5.63 Å². The van der Waals surface area contributed by atoms with Gasteiger partial charge in [0.2, 0.25) is 0 Å². The summed E-state index contributed by atoms with van der Waals surface area (Å²) in [4.78, 5) is 16.1. The van der Waals surface area contributed by atoms with E-state index in [1.807, 2.05) is 49.4 Å². The van der Waals surface area contributed by atoms with Crippen LogP contribution in [-0.4, -0.2) is 15.2 Å². The van der Waals surface area contributed by atoms with Crippen molar-refractivity contribution in [3.05, 3.63) is 87.8 Å². The number of H-pyrrole nitrogens is 1. The molecule has 4 rings (SSSR count). The fourth-order valence-corrected chi connectivity index (χ4v) is 3.00. The first kappa shape index (κ1) is 17.0. The van der Waals surface area contributed by atoms with Crippen molar-refractivity contribution in [1.29, 1.82) is 0 Å². The van der Waals surface area contributed by atoms with Gasteiger partial charge < -0.3 is 9.15 Å². The van der Waals surface area contributed by atoms with E-state index in [-0.39, 0.29) is 12.2 Å². The first-order valence-corrected chi connectivity index (χ1v) is 8.85. The zero-order valence-electron chi connectivity index (χ0n) is 14.9. The summed E-state index contributed by atoms with van der Waals surface area (Å²) in [7, 11) is 0. The predicted molar refractivity (Wildman–Crippen MR) is 102 cm³/mol. The van der Waals surface area contributed by atoms with Gasteiger partial charge in [-0.05, 0) is 29.7 Å². The summed E-state index contributed by atoms with van der Waals surface area (Å²) in [5, 5.41) is 8.06. The molecule has 0 atom stereocenters. The number of aromatic nitrogens is 3. The Morgan fingerprint density at radius 2 is 1.96 bits per heavy atom. The fraction of sp³-hybridized carbons (Fsp3) is 0.190. The Balaban J connectivity index is 1.46. The fourth-order valence-electron chi connectivity index (χ4n) is 3.00. The molecule has 0 radical (unpaired) electrons. The van der Waals surface area contributed by atoms with Crippen LogP contribution in [0.4, 0.5) is 0 Å². The highest BCUT2D eigenvalue weighted by atomic mass is 16.5. The molecule has 2 aromatic heterocycles. The van der Waals surface area contributed by atoms with Gasteiger partial charge in [-0.15, -0.1) is 0 Å². The molecule has 2 aromatic carbocycles. The van der Waals surface area contributed by atoms with E-state index in [9.17, 15) is 4.79 Å². The van der Waals surface area contributed by atoms with E-state index in [4.69, 9.17) is 9.15 Å². The summed E-state index contributed by atoms with van der Waals surface area (Å²) < 4.78 is 11.1. The van der Waals surface area contributed by atoms with Crippen LogP contribution >= 0.6 is 0 Å². The average Bonchev–Trinajstić information content (AvgIpc) is 3.13. The molecule has 2 heterocycles. The molecule has 0 unspecified atom stereocenters. The maximum absolute atomic E-state index is 11.7. The molecule has 6 heteroatoms. The number of benzene rings is 2. The molecule has 4 aromatic rings. The maximum atomic E-state index is 11.7. The first-order chi connectivity index (χ1) is 13.2. The Hall–Kier alpha value is -3.41. The van der Waals surface area contributed by atoms with Crippen molar-refractivity contribution >= 4 is 11.0 Å². The minimum atomic E-state index is -0.350. The van der Waals surface area contributed by atoms with E-state index in [0.717, 1.165) is 28.8 Å². The highest BCUT2D eigenvalue weighted by Gasteiger charge is 2.08. The van der Waals surface area contributed by atoms with Crippen LogP contribution in [0.25, 0.3) is 11.0 Å². The predicted octanol–water partition coefficient (Wildman–Crippen LogP) is 3.64. The molecule has 136 valence electrons. The lowest BCUT2D eigenvalue weighted by Gasteiger charge is -2.07. The van der Waals surface area contributed by atoms with E-state index < -0.39 is 0 Å². The topological polar surface area (TPSA) is 81.0 Å². The molecule has 0 saturated heterocycles. The largest absolute Gasteiger partial charge is 0.485 e. The number of hydrogen-bond acceptors (Lipinski definition) is 5. The highest BCUT2D eigenvalue weighted by Crippen LogP contribution is 2.23. The van der Waals surface area contributed by atoms with E-state index in [2.05, 4.69) is 15.2 Å². The Labute approximate surface area is 155 Å². The van der Waals surface area contributed by atoms with Crippen LogP contribution in [0.2, 0.25) is 0 Å². The van der Waals surface area contributed by atoms with Gasteiger partial charge in [-0.25, -0.2) is 9.78 Å². The van der Waals surface area contributed by atoms with Gasteiger partial charge in [0.15, 0.2) is 11.6 Å². The van der Waals surface area contributed by atoms with Gasteiger partial charge in [0.05, 0.1) is 0 Å². The average molecular weight is 361 g/mol. The lowest BCUT2D eigenvalue weighted by Crippen LogP contribution is -2.01. The van der Waals surface area contributed by atoms with Gasteiger partial charge in [0, 0.05) is 23.9 Å². The molecule has 1 N–H and O–H groups in total. The zero-order valence-corrected chi connectivity index (χ0v) is 14.9. The SMILES string of the molecule is CCc1cc(=O)oc2cc(OCc3nc(Cc4ccccc4)n[nH]3)ccc12. The van der Waals surface area contributed by atoms with Crippen molar-refractivity contribution in [2.75, 3.05) is 0 Å². The first-order valence-electron chi connectivity index (χ1n) is 8.85. The van der Waals surface area contributed by atoms with Crippen molar-refractivity contribution in [2.24, 2.45) is 0 Å². The zero-order chi connectivity index (χ0) is 18.6. The molecule has 0 aliphatic heterocycles. The smallest absolute Gasteiger partial charge is 0.336 e. The van der Waals surface area contributed by atoms with Gasteiger partial charge in [0.25, 0.3) is 0 Å². The summed E-state index contributed by atoms with van der Waals surface area (Å²) in [6, 6.07) is 17.1. The lowest BCUT2D eigenvalue weighted by molar-refractivity contribution is 0.296. The lowest BCUT2D eigenvalue weighted by atomic mass is 10.1. The van der Waals surface area contributed by atoms with Crippen LogP contribution in [0.3, 0.4) is 0 Å². The van der Waals surface area contributed by atoms with Crippen LogP contribution < -0.4 is 10.4 Å². The number of hydrogen-bond donors (Lipinski definition) is 1. The number of fused-ring (bicyclic) bond motifs is 1. The van der Waals surface area contributed by atoms with Crippen molar-refractivity contribution in [3.8, 4) is 5.75 Å². The summed E-state index contributed by atoms with van der Waals surface area (Å²) in [5.41, 5.74) is 2.30. The summed E-state index contributed by atoms with van der Waals surface area (Å²) in [6.45, 7) is 2.26. The number of nitrogens with one attached hydrogen (secondary N) is 1. The van der Waals surface area contributed by atoms with Crippen molar-refractivity contribution in [2.45, 2.75) is 26.4 Å². The quantitative estimate of drug-likeness (QED) is 0.530. The molecule has 0 fully saturated rings. The van der Waals surface area contributed by atoms with Gasteiger partial charge in [-0.1, -0.05) is 37.3 Å². The molecule has 27 heavy (non-hydrogen) atoms.